The minimum Gasteiger partial charge on any atom is -0.378 e. The predicted molar refractivity (Wildman–Crippen MR) is 87.9 cm³/mol. The highest BCUT2D eigenvalue weighted by Crippen LogP contribution is 2.15. The molecule has 1 aliphatic rings. The van der Waals surface area contributed by atoms with Gasteiger partial charge in [0.25, 0.3) is 0 Å². The molecular weight excluding hydrogens is 462 g/mol. The smallest absolute Gasteiger partial charge is 0.158 e. The normalized spacial score (nSPS) is 20.5. The van der Waals surface area contributed by atoms with Gasteiger partial charge in [-0.25, -0.2) is 0 Å². The van der Waals surface area contributed by atoms with E-state index in [9.17, 15) is 0 Å². The van der Waals surface area contributed by atoms with Crippen molar-refractivity contribution < 1.29 is 18.9 Å². The molecule has 0 aromatic rings. The highest BCUT2D eigenvalue weighted by atomic mass is 127. The van der Waals surface area contributed by atoms with Crippen molar-refractivity contribution in [1.82, 2.24) is 0 Å². The molecule has 0 bridgehead atoms. The maximum absolute atomic E-state index is 5.91. The van der Waals surface area contributed by atoms with Gasteiger partial charge in [-0.15, -0.1) is 0 Å². The topological polar surface area (TPSA) is 36.9 Å². The number of hydrogen-bond acceptors (Lipinski definition) is 4. The van der Waals surface area contributed by atoms with Crippen molar-refractivity contribution in [3.05, 3.63) is 0 Å². The van der Waals surface area contributed by atoms with E-state index in [4.69, 9.17) is 18.9 Å². The van der Waals surface area contributed by atoms with E-state index >= 15 is 0 Å². The Bertz CT molecular complexity index is 179. The van der Waals surface area contributed by atoms with Gasteiger partial charge in [0.05, 0.1) is 26.4 Å². The first-order valence-electron chi connectivity index (χ1n) is 6.41. The maximum atomic E-state index is 5.91. The third-order valence-corrected chi connectivity index (χ3v) is 3.41. The molecule has 1 aliphatic heterocycles. The molecule has 0 radical (unpaired) electrons. The van der Waals surface area contributed by atoms with E-state index < -0.39 is 0 Å². The van der Waals surface area contributed by atoms with Gasteiger partial charge in [-0.2, -0.15) is 0 Å². The Balaban J connectivity index is 2.22. The molecule has 0 spiro atoms. The van der Waals surface area contributed by atoms with Crippen LogP contribution in [0.25, 0.3) is 0 Å². The van der Waals surface area contributed by atoms with Crippen LogP contribution in [-0.4, -0.2) is 54.3 Å². The van der Waals surface area contributed by atoms with E-state index in [0.29, 0.717) is 13.2 Å². The molecule has 1 fully saturated rings. The Labute approximate surface area is 137 Å². The van der Waals surface area contributed by atoms with Crippen molar-refractivity contribution in [2.75, 3.05) is 41.9 Å². The zero-order chi connectivity index (χ0) is 13.1. The van der Waals surface area contributed by atoms with Gasteiger partial charge in [0.1, 0.15) is 6.10 Å². The van der Waals surface area contributed by atoms with Crippen molar-refractivity contribution in [2.45, 2.75) is 31.7 Å². The van der Waals surface area contributed by atoms with Crippen LogP contribution in [0.15, 0.2) is 0 Å². The van der Waals surface area contributed by atoms with Gasteiger partial charge in [-0.3, -0.25) is 0 Å². The van der Waals surface area contributed by atoms with E-state index in [1.807, 2.05) is 0 Å². The van der Waals surface area contributed by atoms with Gasteiger partial charge in [0.15, 0.2) is 6.29 Å². The average molecular weight is 484 g/mol. The van der Waals surface area contributed by atoms with Gasteiger partial charge in [-0.05, 0) is 19.3 Å². The number of hydrogen-bond donors (Lipinski definition) is 0. The Hall–Kier alpha value is 1.30. The summed E-state index contributed by atoms with van der Waals surface area (Å²) in [6.07, 6.45) is 3.21. The summed E-state index contributed by atoms with van der Waals surface area (Å²) in [6, 6.07) is 0. The Morgan fingerprint density at radius 3 is 2.22 bits per heavy atom. The quantitative estimate of drug-likeness (QED) is 0.272. The third-order valence-electron chi connectivity index (χ3n) is 2.53. The molecule has 0 saturated carbocycles. The Morgan fingerprint density at radius 1 is 1.06 bits per heavy atom. The lowest BCUT2D eigenvalue weighted by Crippen LogP contribution is -2.34. The van der Waals surface area contributed by atoms with Crippen LogP contribution < -0.4 is 0 Å². The highest BCUT2D eigenvalue weighted by molar-refractivity contribution is 14.1. The summed E-state index contributed by atoms with van der Waals surface area (Å²) in [6.45, 7) is 3.51. The Morgan fingerprint density at radius 2 is 1.72 bits per heavy atom. The second-order valence-electron chi connectivity index (χ2n) is 4.08. The molecule has 1 saturated heterocycles. The van der Waals surface area contributed by atoms with Gasteiger partial charge in [0.2, 0.25) is 0 Å². The van der Waals surface area contributed by atoms with E-state index in [0.717, 1.165) is 41.5 Å². The molecule has 1 unspecified atom stereocenters. The van der Waals surface area contributed by atoms with Crippen LogP contribution in [0, 0.1) is 0 Å². The minimum absolute atomic E-state index is 0.0148. The number of ether oxygens (including phenoxy) is 4. The minimum atomic E-state index is -0.0739. The van der Waals surface area contributed by atoms with Gasteiger partial charge < -0.3 is 18.9 Å². The molecule has 1 atom stereocenters. The standard InChI is InChI=1S/C12H22I2O4/c13-4-7-15-9-11(10-16-8-5-14)18-12-3-1-2-6-17-12/h11-12H,1-10H2. The monoisotopic (exact) mass is 484 g/mol. The summed E-state index contributed by atoms with van der Waals surface area (Å²) in [5.74, 6) is 0. The fraction of sp³-hybridized carbons (Fsp3) is 1.00. The first kappa shape index (κ1) is 17.4. The van der Waals surface area contributed by atoms with Crippen LogP contribution in [-0.2, 0) is 18.9 Å². The second kappa shape index (κ2) is 12.1. The molecular formula is C12H22I2O4. The molecule has 108 valence electrons. The summed E-state index contributed by atoms with van der Waals surface area (Å²) >= 11 is 4.60. The molecule has 0 aromatic carbocycles. The zero-order valence-electron chi connectivity index (χ0n) is 10.6. The molecule has 1 rings (SSSR count). The van der Waals surface area contributed by atoms with Crippen LogP contribution >= 0.6 is 45.2 Å². The van der Waals surface area contributed by atoms with E-state index in [1.165, 1.54) is 6.42 Å². The van der Waals surface area contributed by atoms with Crippen molar-refractivity contribution in [3.63, 3.8) is 0 Å². The average Bonchev–Trinajstić information content (AvgIpc) is 2.40. The summed E-state index contributed by atoms with van der Waals surface area (Å²) in [4.78, 5) is 0. The second-order valence-corrected chi connectivity index (χ2v) is 6.24. The largest absolute Gasteiger partial charge is 0.378 e. The molecule has 1 heterocycles. The summed E-state index contributed by atoms with van der Waals surface area (Å²) in [5.41, 5.74) is 0. The lowest BCUT2D eigenvalue weighted by Gasteiger charge is -2.27. The van der Waals surface area contributed by atoms with E-state index in [-0.39, 0.29) is 12.4 Å². The van der Waals surface area contributed by atoms with Crippen LogP contribution in [0.5, 0.6) is 0 Å². The fourth-order valence-corrected chi connectivity index (χ4v) is 2.32. The van der Waals surface area contributed by atoms with Gasteiger partial charge >= 0.3 is 0 Å². The predicted octanol–water partition coefficient (Wildman–Crippen LogP) is 2.80. The van der Waals surface area contributed by atoms with Crippen LogP contribution in [0.3, 0.4) is 0 Å². The van der Waals surface area contributed by atoms with Crippen molar-refractivity contribution >= 4 is 45.2 Å². The molecule has 0 aliphatic carbocycles. The number of rotatable bonds is 10. The summed E-state index contributed by atoms with van der Waals surface area (Å²) in [5, 5.41) is 0. The molecule has 0 amide bonds. The zero-order valence-corrected chi connectivity index (χ0v) is 14.9. The van der Waals surface area contributed by atoms with Crippen LogP contribution in [0.4, 0.5) is 0 Å². The highest BCUT2D eigenvalue weighted by Gasteiger charge is 2.20. The lowest BCUT2D eigenvalue weighted by molar-refractivity contribution is -0.207. The van der Waals surface area contributed by atoms with Crippen molar-refractivity contribution in [1.29, 1.82) is 0 Å². The SMILES string of the molecule is ICCOCC(COCCI)OC1CCCCO1. The Kier molecular flexibility index (Phi) is 11.6. The first-order valence-corrected chi connectivity index (χ1v) is 9.46. The number of alkyl halides is 2. The van der Waals surface area contributed by atoms with E-state index in [1.54, 1.807) is 0 Å². The summed E-state index contributed by atoms with van der Waals surface area (Å²) < 4.78 is 24.6. The molecule has 4 nitrogen and oxygen atoms in total. The van der Waals surface area contributed by atoms with Gasteiger partial charge in [-0.1, -0.05) is 45.2 Å². The first-order chi connectivity index (χ1) is 8.86. The third kappa shape index (κ3) is 8.47. The van der Waals surface area contributed by atoms with Crippen LogP contribution in [0.2, 0.25) is 0 Å². The van der Waals surface area contributed by atoms with Crippen molar-refractivity contribution in [3.8, 4) is 0 Å². The fourth-order valence-electron chi connectivity index (χ4n) is 1.70. The number of halogens is 2. The van der Waals surface area contributed by atoms with Crippen LogP contribution in [0.1, 0.15) is 19.3 Å². The molecule has 18 heavy (non-hydrogen) atoms. The molecule has 6 heteroatoms. The maximum Gasteiger partial charge on any atom is 0.158 e. The van der Waals surface area contributed by atoms with Gasteiger partial charge in [0, 0.05) is 15.5 Å². The van der Waals surface area contributed by atoms with E-state index in [2.05, 4.69) is 45.2 Å². The molecule has 0 aromatic heterocycles. The van der Waals surface area contributed by atoms with Crippen molar-refractivity contribution in [2.24, 2.45) is 0 Å². The summed E-state index contributed by atoms with van der Waals surface area (Å²) in [7, 11) is 0. The molecule has 0 N–H and O–H groups in total. The lowest BCUT2D eigenvalue weighted by atomic mass is 10.2.